The number of ketones is 1. The number of hydrogen-bond donors (Lipinski definition) is 1. The van der Waals surface area contributed by atoms with E-state index in [1.165, 1.54) is 23.3 Å². The van der Waals surface area contributed by atoms with Crippen LogP contribution in [0.4, 0.5) is 5.13 Å². The smallest absolute Gasteiger partial charge is 0.337 e. The Morgan fingerprint density at radius 1 is 0.944 bits per heavy atom. The Balaban J connectivity index is 1.70. The van der Waals surface area contributed by atoms with Crippen LogP contribution in [0.3, 0.4) is 0 Å². The number of rotatable bonds is 4. The van der Waals surface area contributed by atoms with Crippen molar-refractivity contribution in [1.29, 1.82) is 0 Å². The lowest BCUT2D eigenvalue weighted by Crippen LogP contribution is -2.29. The van der Waals surface area contributed by atoms with Gasteiger partial charge in [0.05, 0.1) is 34.5 Å². The fourth-order valence-electron chi connectivity index (χ4n) is 4.25. The molecule has 0 radical (unpaired) electrons. The molecule has 36 heavy (non-hydrogen) atoms. The molecule has 0 saturated carbocycles. The summed E-state index contributed by atoms with van der Waals surface area (Å²) in [5, 5.41) is 11.6. The lowest BCUT2D eigenvalue weighted by molar-refractivity contribution is -0.132. The van der Waals surface area contributed by atoms with E-state index >= 15 is 0 Å². The minimum absolute atomic E-state index is 0.0369. The Hall–Kier alpha value is -4.30. The molecule has 1 aromatic heterocycles. The van der Waals surface area contributed by atoms with Gasteiger partial charge < -0.3 is 9.84 Å². The molecular formula is C28H22N2O5S. The monoisotopic (exact) mass is 498 g/mol. The van der Waals surface area contributed by atoms with Gasteiger partial charge in [0.15, 0.2) is 5.13 Å². The highest BCUT2D eigenvalue weighted by atomic mass is 32.1. The standard InChI is InChI=1S/C28H22N2O5S/c1-15-4-7-18(8-5-15)24(31)22-23(17-9-11-19(12-10-17)27(34)35-3)30(26(33)25(22)32)28-29-20-13-6-16(2)14-21(20)36-28/h4-14,23,31H,1-3H3/b24-22-. The van der Waals surface area contributed by atoms with Gasteiger partial charge in [0.1, 0.15) is 5.76 Å². The fraction of sp³-hybridized carbons (Fsp3) is 0.143. The number of aliphatic hydroxyl groups excluding tert-OH is 1. The number of carbonyl (C=O) groups excluding carboxylic acids is 3. The van der Waals surface area contributed by atoms with E-state index in [2.05, 4.69) is 4.98 Å². The second-order valence-electron chi connectivity index (χ2n) is 8.62. The lowest BCUT2D eigenvalue weighted by Gasteiger charge is -2.23. The average molecular weight is 499 g/mol. The van der Waals surface area contributed by atoms with Crippen LogP contribution in [0.5, 0.6) is 0 Å². The number of benzene rings is 3. The number of carbonyl (C=O) groups is 3. The summed E-state index contributed by atoms with van der Waals surface area (Å²) in [5.74, 6) is -2.35. The molecular weight excluding hydrogens is 476 g/mol. The minimum Gasteiger partial charge on any atom is -0.507 e. The van der Waals surface area contributed by atoms with E-state index in [1.54, 1.807) is 36.4 Å². The predicted molar refractivity (Wildman–Crippen MR) is 138 cm³/mol. The van der Waals surface area contributed by atoms with Gasteiger partial charge >= 0.3 is 11.9 Å². The molecule has 0 bridgehead atoms. The number of methoxy groups -OCH3 is 1. The SMILES string of the molecule is COC(=O)c1ccc(C2/C(=C(/O)c3ccc(C)cc3)C(=O)C(=O)N2c2nc3ccc(C)cc3s2)cc1. The molecule has 7 nitrogen and oxygen atoms in total. The van der Waals surface area contributed by atoms with Gasteiger partial charge in [-0.05, 0) is 49.2 Å². The summed E-state index contributed by atoms with van der Waals surface area (Å²) >= 11 is 1.30. The van der Waals surface area contributed by atoms with Crippen LogP contribution in [0.1, 0.15) is 38.7 Å². The average Bonchev–Trinajstić information content (AvgIpc) is 3.41. The third-order valence-corrected chi connectivity index (χ3v) is 7.17. The maximum atomic E-state index is 13.4. The van der Waals surface area contributed by atoms with Gasteiger partial charge in [-0.25, -0.2) is 9.78 Å². The van der Waals surface area contributed by atoms with E-state index in [1.807, 2.05) is 44.2 Å². The molecule has 1 N–H and O–H groups in total. The molecule has 4 aromatic rings. The molecule has 1 saturated heterocycles. The summed E-state index contributed by atoms with van der Waals surface area (Å²) in [5.41, 5.74) is 4.01. The Labute approximate surface area is 211 Å². The number of anilines is 1. The number of Topliss-reactive ketones (excluding diaryl/α,β-unsaturated/α-hetero) is 1. The van der Waals surface area contributed by atoms with E-state index in [0.717, 1.165) is 15.8 Å². The van der Waals surface area contributed by atoms with E-state index in [-0.39, 0.29) is 11.3 Å². The summed E-state index contributed by atoms with van der Waals surface area (Å²) in [4.78, 5) is 44.6. The van der Waals surface area contributed by atoms with Crippen molar-refractivity contribution >= 4 is 50.1 Å². The van der Waals surface area contributed by atoms with Gasteiger partial charge in [-0.15, -0.1) is 0 Å². The van der Waals surface area contributed by atoms with Crippen LogP contribution in [0.25, 0.3) is 16.0 Å². The third kappa shape index (κ3) is 3.95. The van der Waals surface area contributed by atoms with Crippen LogP contribution in [0.15, 0.2) is 72.3 Å². The minimum atomic E-state index is -0.931. The molecule has 1 aliphatic rings. The molecule has 1 fully saturated rings. The summed E-state index contributed by atoms with van der Waals surface area (Å²) in [6.45, 7) is 3.88. The Kier molecular flexibility index (Phi) is 5.89. The van der Waals surface area contributed by atoms with Crippen molar-refractivity contribution in [1.82, 2.24) is 4.98 Å². The van der Waals surface area contributed by atoms with Gasteiger partial charge in [-0.3, -0.25) is 14.5 Å². The number of thiazole rings is 1. The zero-order chi connectivity index (χ0) is 25.6. The largest absolute Gasteiger partial charge is 0.507 e. The van der Waals surface area contributed by atoms with Crippen LogP contribution < -0.4 is 4.90 Å². The number of amides is 1. The third-order valence-electron chi connectivity index (χ3n) is 6.16. The molecule has 1 aliphatic heterocycles. The van der Waals surface area contributed by atoms with Crippen LogP contribution in [-0.4, -0.2) is 34.9 Å². The Morgan fingerprint density at radius 2 is 1.58 bits per heavy atom. The van der Waals surface area contributed by atoms with Crippen LogP contribution >= 0.6 is 11.3 Å². The first-order chi connectivity index (χ1) is 17.3. The van der Waals surface area contributed by atoms with E-state index in [9.17, 15) is 19.5 Å². The molecule has 5 rings (SSSR count). The highest BCUT2D eigenvalue weighted by Gasteiger charge is 2.48. The maximum Gasteiger partial charge on any atom is 0.337 e. The zero-order valence-corrected chi connectivity index (χ0v) is 20.6. The number of aromatic nitrogens is 1. The van der Waals surface area contributed by atoms with Crippen molar-refractivity contribution in [3.63, 3.8) is 0 Å². The summed E-state index contributed by atoms with van der Waals surface area (Å²) in [6, 6.07) is 18.3. The lowest BCUT2D eigenvalue weighted by atomic mass is 9.94. The summed E-state index contributed by atoms with van der Waals surface area (Å²) in [7, 11) is 1.29. The Morgan fingerprint density at radius 3 is 2.25 bits per heavy atom. The number of aryl methyl sites for hydroxylation is 2. The van der Waals surface area contributed by atoms with Gasteiger partial charge in [0.2, 0.25) is 0 Å². The van der Waals surface area contributed by atoms with Crippen molar-refractivity contribution < 1.29 is 24.2 Å². The molecule has 1 unspecified atom stereocenters. The van der Waals surface area contributed by atoms with Crippen LogP contribution in [-0.2, 0) is 14.3 Å². The first kappa shape index (κ1) is 23.4. The quantitative estimate of drug-likeness (QED) is 0.177. The number of nitrogens with zero attached hydrogens (tertiary/aromatic N) is 2. The zero-order valence-electron chi connectivity index (χ0n) is 19.8. The molecule has 1 atom stereocenters. The number of ether oxygens (including phenoxy) is 1. The normalized spacial score (nSPS) is 17.1. The van der Waals surface area contributed by atoms with Crippen molar-refractivity contribution in [2.24, 2.45) is 0 Å². The fourth-order valence-corrected chi connectivity index (χ4v) is 5.34. The molecule has 0 spiro atoms. The van der Waals surface area contributed by atoms with E-state index in [4.69, 9.17) is 4.74 Å². The Bertz CT molecular complexity index is 1550. The van der Waals surface area contributed by atoms with Crippen molar-refractivity contribution in [3.05, 3.63) is 100 Å². The predicted octanol–water partition coefficient (Wildman–Crippen LogP) is 5.33. The number of fused-ring (bicyclic) bond motifs is 1. The second-order valence-corrected chi connectivity index (χ2v) is 9.63. The van der Waals surface area contributed by atoms with Crippen molar-refractivity contribution in [2.75, 3.05) is 12.0 Å². The number of esters is 1. The summed E-state index contributed by atoms with van der Waals surface area (Å²) < 4.78 is 5.66. The summed E-state index contributed by atoms with van der Waals surface area (Å²) in [6.07, 6.45) is 0. The van der Waals surface area contributed by atoms with E-state index < -0.39 is 23.7 Å². The van der Waals surface area contributed by atoms with Crippen molar-refractivity contribution in [2.45, 2.75) is 19.9 Å². The van der Waals surface area contributed by atoms with Gasteiger partial charge in [-0.1, -0.05) is 59.4 Å². The van der Waals surface area contributed by atoms with Crippen LogP contribution in [0, 0.1) is 13.8 Å². The number of aliphatic hydroxyl groups is 1. The van der Waals surface area contributed by atoms with E-state index in [0.29, 0.717) is 27.3 Å². The molecule has 8 heteroatoms. The topological polar surface area (TPSA) is 96.8 Å². The first-order valence-corrected chi connectivity index (χ1v) is 12.0. The molecule has 180 valence electrons. The highest BCUT2D eigenvalue weighted by molar-refractivity contribution is 7.22. The second kappa shape index (κ2) is 9.05. The van der Waals surface area contributed by atoms with Gasteiger partial charge in [0.25, 0.3) is 5.78 Å². The molecule has 1 amide bonds. The maximum absolute atomic E-state index is 13.4. The van der Waals surface area contributed by atoms with Gasteiger partial charge in [0, 0.05) is 5.56 Å². The highest BCUT2D eigenvalue weighted by Crippen LogP contribution is 2.44. The van der Waals surface area contributed by atoms with Crippen molar-refractivity contribution in [3.8, 4) is 0 Å². The first-order valence-electron chi connectivity index (χ1n) is 11.2. The van der Waals surface area contributed by atoms with Crippen LogP contribution in [0.2, 0.25) is 0 Å². The van der Waals surface area contributed by atoms with Gasteiger partial charge in [-0.2, -0.15) is 0 Å². The molecule has 3 aromatic carbocycles. The molecule has 0 aliphatic carbocycles. The molecule has 2 heterocycles. The number of hydrogen-bond acceptors (Lipinski definition) is 7.